The highest BCUT2D eigenvalue weighted by Gasteiger charge is 2.20. The van der Waals surface area contributed by atoms with E-state index in [1.54, 1.807) is 0 Å². The molecule has 2 aromatic carbocycles. The third kappa shape index (κ3) is 2.66. The minimum Gasteiger partial charge on any atom is -0.490 e. The fraction of sp³-hybridized carbons (Fsp3) is 0.444. The van der Waals surface area contributed by atoms with Crippen molar-refractivity contribution < 1.29 is 9.84 Å². The molecule has 0 amide bonds. The number of aliphatic hydroxyl groups excluding tert-OH is 1. The van der Waals surface area contributed by atoms with Crippen LogP contribution >= 0.6 is 0 Å². The number of fused-ring (bicyclic) bond motifs is 1. The normalized spacial score (nSPS) is 22.9. The van der Waals surface area contributed by atoms with E-state index in [0.717, 1.165) is 40.8 Å². The Balaban J connectivity index is 1.87. The molecule has 0 aliphatic heterocycles. The Hall–Kier alpha value is -1.54. The monoisotopic (exact) mass is 270 g/mol. The maximum atomic E-state index is 9.71. The summed E-state index contributed by atoms with van der Waals surface area (Å²) in [4.78, 5) is 0. The van der Waals surface area contributed by atoms with Crippen molar-refractivity contribution in [3.63, 3.8) is 0 Å². The Morgan fingerprint density at radius 1 is 1.05 bits per heavy atom. The van der Waals surface area contributed by atoms with Crippen LogP contribution in [0.25, 0.3) is 10.8 Å². The summed E-state index contributed by atoms with van der Waals surface area (Å²) in [6, 6.07) is 12.2. The molecule has 1 fully saturated rings. The highest BCUT2D eigenvalue weighted by Crippen LogP contribution is 2.32. The molecule has 2 nitrogen and oxygen atoms in total. The second-order valence-electron chi connectivity index (χ2n) is 5.92. The molecule has 2 aromatic rings. The maximum Gasteiger partial charge on any atom is 0.125 e. The fourth-order valence-corrected chi connectivity index (χ4v) is 3.12. The van der Waals surface area contributed by atoms with Gasteiger partial charge in [-0.2, -0.15) is 0 Å². The molecule has 0 atom stereocenters. The van der Waals surface area contributed by atoms with Crippen molar-refractivity contribution in [2.45, 2.75) is 45.3 Å². The van der Waals surface area contributed by atoms with E-state index in [9.17, 15) is 5.11 Å². The van der Waals surface area contributed by atoms with Crippen LogP contribution in [0.2, 0.25) is 0 Å². The van der Waals surface area contributed by atoms with Gasteiger partial charge in [-0.25, -0.2) is 0 Å². The number of ether oxygens (including phenoxy) is 1. The molecular formula is C18H22O2. The third-order valence-corrected chi connectivity index (χ3v) is 4.41. The number of aliphatic hydroxyl groups is 1. The average molecular weight is 270 g/mol. The van der Waals surface area contributed by atoms with E-state index in [1.165, 1.54) is 12.8 Å². The highest BCUT2D eigenvalue weighted by atomic mass is 16.5. The molecule has 1 aliphatic rings. The zero-order valence-corrected chi connectivity index (χ0v) is 12.0. The van der Waals surface area contributed by atoms with Gasteiger partial charge in [0.05, 0.1) is 12.7 Å². The van der Waals surface area contributed by atoms with E-state index in [4.69, 9.17) is 4.74 Å². The lowest BCUT2D eigenvalue weighted by atomic mass is 9.89. The lowest BCUT2D eigenvalue weighted by Crippen LogP contribution is -2.23. The van der Waals surface area contributed by atoms with Gasteiger partial charge in [0.15, 0.2) is 0 Å². The molecular weight excluding hydrogens is 248 g/mol. The second kappa shape index (κ2) is 5.84. The van der Waals surface area contributed by atoms with E-state index >= 15 is 0 Å². The Morgan fingerprint density at radius 3 is 2.55 bits per heavy atom. The molecule has 106 valence electrons. The topological polar surface area (TPSA) is 29.5 Å². The molecule has 0 heterocycles. The summed E-state index contributed by atoms with van der Waals surface area (Å²) in [6.45, 7) is 2.34. The number of benzene rings is 2. The predicted octanol–water partition coefficient (Wildman–Crippen LogP) is 4.29. The quantitative estimate of drug-likeness (QED) is 0.901. The van der Waals surface area contributed by atoms with Gasteiger partial charge in [0.1, 0.15) is 5.75 Å². The van der Waals surface area contributed by atoms with Gasteiger partial charge in [0.25, 0.3) is 0 Å². The van der Waals surface area contributed by atoms with Gasteiger partial charge >= 0.3 is 0 Å². The SMILES string of the molecule is CC1CCC(Oc2ccc3ccccc3c2CO)CC1. The number of hydrogen-bond donors (Lipinski definition) is 1. The molecule has 1 N–H and O–H groups in total. The first-order chi connectivity index (χ1) is 9.78. The smallest absolute Gasteiger partial charge is 0.125 e. The molecule has 3 rings (SSSR count). The molecule has 1 saturated carbocycles. The van der Waals surface area contributed by atoms with E-state index < -0.39 is 0 Å². The largest absolute Gasteiger partial charge is 0.490 e. The number of rotatable bonds is 3. The maximum absolute atomic E-state index is 9.71. The van der Waals surface area contributed by atoms with E-state index in [2.05, 4.69) is 25.1 Å². The summed E-state index contributed by atoms with van der Waals surface area (Å²) in [5, 5.41) is 12.0. The Morgan fingerprint density at radius 2 is 1.80 bits per heavy atom. The first-order valence-corrected chi connectivity index (χ1v) is 7.56. The summed E-state index contributed by atoms with van der Waals surface area (Å²) in [6.07, 6.45) is 5.04. The van der Waals surface area contributed by atoms with Crippen molar-refractivity contribution in [1.82, 2.24) is 0 Å². The molecule has 0 aromatic heterocycles. The molecule has 0 bridgehead atoms. The fourth-order valence-electron chi connectivity index (χ4n) is 3.12. The molecule has 0 saturated heterocycles. The van der Waals surface area contributed by atoms with Crippen LogP contribution in [0.3, 0.4) is 0 Å². The standard InChI is InChI=1S/C18H22O2/c1-13-6-9-15(10-7-13)20-18-11-8-14-4-2-3-5-16(14)17(18)12-19/h2-5,8,11,13,15,19H,6-7,9-10,12H2,1H3. The molecule has 2 heteroatoms. The van der Waals surface area contributed by atoms with Gasteiger partial charge in [-0.3, -0.25) is 0 Å². The van der Waals surface area contributed by atoms with Crippen LogP contribution in [-0.2, 0) is 6.61 Å². The highest BCUT2D eigenvalue weighted by molar-refractivity contribution is 5.87. The Bertz CT molecular complexity index is 583. The van der Waals surface area contributed by atoms with E-state index in [0.29, 0.717) is 6.10 Å². The molecule has 20 heavy (non-hydrogen) atoms. The first-order valence-electron chi connectivity index (χ1n) is 7.56. The van der Waals surface area contributed by atoms with Gasteiger partial charge in [-0.05, 0) is 48.4 Å². The van der Waals surface area contributed by atoms with Crippen LogP contribution in [0.15, 0.2) is 36.4 Å². The van der Waals surface area contributed by atoms with Crippen LogP contribution in [0, 0.1) is 5.92 Å². The van der Waals surface area contributed by atoms with E-state index in [1.807, 2.05) is 18.2 Å². The zero-order chi connectivity index (χ0) is 13.9. The van der Waals surface area contributed by atoms with Crippen LogP contribution in [0.5, 0.6) is 5.75 Å². The molecule has 1 aliphatic carbocycles. The summed E-state index contributed by atoms with van der Waals surface area (Å²) >= 11 is 0. The summed E-state index contributed by atoms with van der Waals surface area (Å²) in [5.41, 5.74) is 0.918. The summed E-state index contributed by atoms with van der Waals surface area (Å²) in [5.74, 6) is 1.68. The van der Waals surface area contributed by atoms with Crippen molar-refractivity contribution in [1.29, 1.82) is 0 Å². The van der Waals surface area contributed by atoms with Crippen LogP contribution < -0.4 is 4.74 Å². The minimum absolute atomic E-state index is 0.0276. The first kappa shape index (κ1) is 13.4. The van der Waals surface area contributed by atoms with Gasteiger partial charge in [-0.1, -0.05) is 37.3 Å². The van der Waals surface area contributed by atoms with Crippen molar-refractivity contribution in [3.05, 3.63) is 42.0 Å². The summed E-state index contributed by atoms with van der Waals surface area (Å²) in [7, 11) is 0. The molecule has 0 spiro atoms. The van der Waals surface area contributed by atoms with Gasteiger partial charge in [0, 0.05) is 5.56 Å². The average Bonchev–Trinajstić information content (AvgIpc) is 2.49. The Labute approximate surface area is 120 Å². The molecule has 0 radical (unpaired) electrons. The van der Waals surface area contributed by atoms with Crippen molar-refractivity contribution in [3.8, 4) is 5.75 Å². The van der Waals surface area contributed by atoms with Crippen molar-refractivity contribution >= 4 is 10.8 Å². The minimum atomic E-state index is 0.0276. The van der Waals surface area contributed by atoms with Crippen molar-refractivity contribution in [2.75, 3.05) is 0 Å². The van der Waals surface area contributed by atoms with E-state index in [-0.39, 0.29) is 6.61 Å². The third-order valence-electron chi connectivity index (χ3n) is 4.41. The van der Waals surface area contributed by atoms with Gasteiger partial charge in [-0.15, -0.1) is 0 Å². The zero-order valence-electron chi connectivity index (χ0n) is 12.0. The molecule has 0 unspecified atom stereocenters. The van der Waals surface area contributed by atoms with Crippen LogP contribution in [-0.4, -0.2) is 11.2 Å². The van der Waals surface area contributed by atoms with Crippen LogP contribution in [0.4, 0.5) is 0 Å². The van der Waals surface area contributed by atoms with Gasteiger partial charge < -0.3 is 9.84 Å². The number of hydrogen-bond acceptors (Lipinski definition) is 2. The second-order valence-corrected chi connectivity index (χ2v) is 5.92. The Kier molecular flexibility index (Phi) is 3.93. The van der Waals surface area contributed by atoms with Crippen LogP contribution in [0.1, 0.15) is 38.2 Å². The lowest BCUT2D eigenvalue weighted by molar-refractivity contribution is 0.132. The van der Waals surface area contributed by atoms with Gasteiger partial charge in [0.2, 0.25) is 0 Å². The predicted molar refractivity (Wildman–Crippen MR) is 81.9 cm³/mol. The summed E-state index contributed by atoms with van der Waals surface area (Å²) < 4.78 is 6.17. The van der Waals surface area contributed by atoms with Crippen molar-refractivity contribution in [2.24, 2.45) is 5.92 Å². The lowest BCUT2D eigenvalue weighted by Gasteiger charge is -2.27.